The van der Waals surface area contributed by atoms with E-state index in [1.54, 1.807) is 0 Å². The van der Waals surface area contributed by atoms with E-state index in [9.17, 15) is 0 Å². The van der Waals surface area contributed by atoms with Crippen LogP contribution < -0.4 is 5.73 Å². The third-order valence-corrected chi connectivity index (χ3v) is 5.31. The zero-order valence-corrected chi connectivity index (χ0v) is 14.5. The minimum Gasteiger partial charge on any atom is -0.326 e. The van der Waals surface area contributed by atoms with Gasteiger partial charge in [0.15, 0.2) is 0 Å². The number of piperazine rings is 1. The minimum atomic E-state index is 0.125. The second-order valence-electron chi connectivity index (χ2n) is 5.84. The first-order valence-electron chi connectivity index (χ1n) is 7.30. The molecule has 5 nitrogen and oxygen atoms in total. The first kappa shape index (κ1) is 15.9. The van der Waals surface area contributed by atoms with Crippen molar-refractivity contribution < 1.29 is 0 Å². The summed E-state index contributed by atoms with van der Waals surface area (Å²) in [7, 11) is 4.35. The molecule has 2 N–H and O–H groups in total. The Labute approximate surface area is 130 Å². The highest BCUT2D eigenvalue weighted by Crippen LogP contribution is 2.23. The number of hydrogen-bond acceptors (Lipinski definition) is 4. The van der Waals surface area contributed by atoms with E-state index < -0.39 is 0 Å². The molecule has 1 fully saturated rings. The number of nitrogens with zero attached hydrogens (tertiary/aromatic N) is 4. The van der Waals surface area contributed by atoms with Crippen molar-refractivity contribution in [3.05, 3.63) is 15.9 Å². The van der Waals surface area contributed by atoms with Crippen molar-refractivity contribution in [1.29, 1.82) is 0 Å². The van der Waals surface area contributed by atoms with Gasteiger partial charge in [0, 0.05) is 44.7 Å². The van der Waals surface area contributed by atoms with E-state index in [1.165, 1.54) is 5.69 Å². The maximum absolute atomic E-state index is 6.50. The summed E-state index contributed by atoms with van der Waals surface area (Å²) in [6.07, 6.45) is 0.859. The first-order chi connectivity index (χ1) is 9.43. The fourth-order valence-electron chi connectivity index (χ4n) is 2.93. The maximum Gasteiger partial charge on any atom is 0.0738 e. The molecule has 2 unspecified atom stereocenters. The monoisotopic (exact) mass is 343 g/mol. The summed E-state index contributed by atoms with van der Waals surface area (Å²) < 4.78 is 3.17. The zero-order valence-electron chi connectivity index (χ0n) is 12.9. The van der Waals surface area contributed by atoms with E-state index >= 15 is 0 Å². The third kappa shape index (κ3) is 3.24. The fourth-order valence-corrected chi connectivity index (χ4v) is 3.38. The van der Waals surface area contributed by atoms with Crippen LogP contribution in [0.1, 0.15) is 18.3 Å². The minimum absolute atomic E-state index is 0.125. The quantitative estimate of drug-likeness (QED) is 0.889. The van der Waals surface area contributed by atoms with E-state index in [2.05, 4.69) is 56.5 Å². The van der Waals surface area contributed by atoms with Gasteiger partial charge in [-0.25, -0.2) is 0 Å². The van der Waals surface area contributed by atoms with Gasteiger partial charge in [0.05, 0.1) is 15.9 Å². The van der Waals surface area contributed by atoms with Crippen LogP contribution in [0.15, 0.2) is 4.47 Å². The van der Waals surface area contributed by atoms with E-state index in [-0.39, 0.29) is 6.04 Å². The Balaban J connectivity index is 2.12. The summed E-state index contributed by atoms with van der Waals surface area (Å²) in [6.45, 7) is 8.28. The summed E-state index contributed by atoms with van der Waals surface area (Å²) in [5.41, 5.74) is 8.77. The van der Waals surface area contributed by atoms with Gasteiger partial charge in [-0.1, -0.05) is 0 Å². The molecule has 0 aliphatic carbocycles. The Kier molecular flexibility index (Phi) is 5.23. The molecule has 1 aromatic rings. The molecule has 1 aliphatic heterocycles. The molecule has 114 valence electrons. The van der Waals surface area contributed by atoms with Crippen molar-refractivity contribution in [3.8, 4) is 0 Å². The van der Waals surface area contributed by atoms with E-state index in [4.69, 9.17) is 5.73 Å². The van der Waals surface area contributed by atoms with Crippen molar-refractivity contribution in [3.63, 3.8) is 0 Å². The van der Waals surface area contributed by atoms with Crippen LogP contribution >= 0.6 is 15.9 Å². The van der Waals surface area contributed by atoms with Crippen LogP contribution in [-0.2, 0) is 13.0 Å². The molecule has 0 bridgehead atoms. The Morgan fingerprint density at radius 3 is 2.75 bits per heavy atom. The Bertz CT molecular complexity index is 459. The van der Waals surface area contributed by atoms with E-state index in [0.29, 0.717) is 6.04 Å². The van der Waals surface area contributed by atoms with Gasteiger partial charge < -0.3 is 10.6 Å². The lowest BCUT2D eigenvalue weighted by Gasteiger charge is -2.40. The molecule has 1 saturated heterocycles. The Hall–Kier alpha value is -0.430. The van der Waals surface area contributed by atoms with Crippen molar-refractivity contribution in [2.45, 2.75) is 38.9 Å². The molecule has 1 aliphatic rings. The van der Waals surface area contributed by atoms with Crippen molar-refractivity contribution in [2.75, 3.05) is 33.7 Å². The molecule has 2 atom stereocenters. The molecule has 0 saturated carbocycles. The van der Waals surface area contributed by atoms with Crippen LogP contribution in [0.3, 0.4) is 0 Å². The predicted octanol–water partition coefficient (Wildman–Crippen LogP) is 1.09. The van der Waals surface area contributed by atoms with Crippen molar-refractivity contribution in [1.82, 2.24) is 19.6 Å². The van der Waals surface area contributed by atoms with Crippen LogP contribution in [0.2, 0.25) is 0 Å². The highest BCUT2D eigenvalue weighted by molar-refractivity contribution is 9.10. The van der Waals surface area contributed by atoms with Gasteiger partial charge in [-0.15, -0.1) is 0 Å². The predicted molar refractivity (Wildman–Crippen MR) is 85.9 cm³/mol. The molecule has 0 aromatic carbocycles. The number of likely N-dealkylation sites (N-methyl/N-ethyl adjacent to an activating group) is 2. The van der Waals surface area contributed by atoms with Gasteiger partial charge in [0.1, 0.15) is 0 Å². The molecular formula is C14H26BrN5. The molecule has 0 radical (unpaired) electrons. The van der Waals surface area contributed by atoms with Crippen LogP contribution in [0.4, 0.5) is 0 Å². The summed E-state index contributed by atoms with van der Waals surface area (Å²) >= 11 is 3.66. The van der Waals surface area contributed by atoms with Crippen LogP contribution in [0, 0.1) is 6.92 Å². The molecule has 0 spiro atoms. The van der Waals surface area contributed by atoms with Gasteiger partial charge in [-0.2, -0.15) is 5.10 Å². The van der Waals surface area contributed by atoms with Crippen LogP contribution in [0.5, 0.6) is 0 Å². The lowest BCUT2D eigenvalue weighted by Crippen LogP contribution is -2.58. The number of aromatic nitrogens is 2. The summed E-state index contributed by atoms with van der Waals surface area (Å²) in [5.74, 6) is 0. The van der Waals surface area contributed by atoms with Crippen LogP contribution in [-0.4, -0.2) is 65.4 Å². The second kappa shape index (κ2) is 6.56. The van der Waals surface area contributed by atoms with Crippen LogP contribution in [0.25, 0.3) is 0 Å². The lowest BCUT2D eigenvalue weighted by atomic mass is 10.00. The fraction of sp³-hybridized carbons (Fsp3) is 0.786. The number of aryl methyl sites for hydroxylation is 2. The first-order valence-corrected chi connectivity index (χ1v) is 8.09. The third-order valence-electron chi connectivity index (χ3n) is 4.28. The molecule has 20 heavy (non-hydrogen) atoms. The van der Waals surface area contributed by atoms with Gasteiger partial charge in [0.25, 0.3) is 0 Å². The SMILES string of the molecule is CCn1nc(C)c(Br)c1CC(N)C1CN(C)CCN1C. The number of nitrogens with two attached hydrogens (primary N) is 1. The molecule has 2 rings (SSSR count). The topological polar surface area (TPSA) is 50.3 Å². The average Bonchev–Trinajstić information content (AvgIpc) is 2.69. The van der Waals surface area contributed by atoms with Crippen molar-refractivity contribution in [2.24, 2.45) is 5.73 Å². The van der Waals surface area contributed by atoms with E-state index in [0.717, 1.165) is 42.8 Å². The van der Waals surface area contributed by atoms with Gasteiger partial charge >= 0.3 is 0 Å². The molecule has 6 heteroatoms. The highest BCUT2D eigenvalue weighted by Gasteiger charge is 2.29. The average molecular weight is 344 g/mol. The molecule has 2 heterocycles. The standard InChI is InChI=1S/C14H26BrN5/c1-5-20-12(14(15)10(2)17-20)8-11(16)13-9-18(3)6-7-19(13)4/h11,13H,5-9,16H2,1-4H3. The van der Waals surface area contributed by atoms with E-state index in [1.807, 2.05) is 6.92 Å². The van der Waals surface area contributed by atoms with Gasteiger partial charge in [-0.3, -0.25) is 9.58 Å². The summed E-state index contributed by atoms with van der Waals surface area (Å²) in [5, 5.41) is 4.55. The summed E-state index contributed by atoms with van der Waals surface area (Å²) in [4.78, 5) is 4.75. The number of halogens is 1. The van der Waals surface area contributed by atoms with Gasteiger partial charge in [-0.05, 0) is 43.9 Å². The maximum atomic E-state index is 6.50. The number of rotatable bonds is 4. The zero-order chi connectivity index (χ0) is 14.9. The number of hydrogen-bond donors (Lipinski definition) is 1. The van der Waals surface area contributed by atoms with Gasteiger partial charge in [0.2, 0.25) is 0 Å². The Morgan fingerprint density at radius 2 is 2.10 bits per heavy atom. The normalized spacial score (nSPS) is 23.2. The highest BCUT2D eigenvalue weighted by atomic mass is 79.9. The lowest BCUT2D eigenvalue weighted by molar-refractivity contribution is 0.0968. The molecular weight excluding hydrogens is 318 g/mol. The molecule has 0 amide bonds. The second-order valence-corrected chi connectivity index (χ2v) is 6.63. The molecule has 1 aromatic heterocycles. The largest absolute Gasteiger partial charge is 0.326 e. The van der Waals surface area contributed by atoms with Crippen molar-refractivity contribution >= 4 is 15.9 Å². The smallest absolute Gasteiger partial charge is 0.0738 e. The Morgan fingerprint density at radius 1 is 1.40 bits per heavy atom. The summed E-state index contributed by atoms with van der Waals surface area (Å²) in [6, 6.07) is 0.529.